The Labute approximate surface area is 108 Å². The molecule has 0 bridgehead atoms. The molecule has 0 saturated carbocycles. The van der Waals surface area contributed by atoms with Crippen molar-refractivity contribution in [1.29, 1.82) is 0 Å². The van der Waals surface area contributed by atoms with E-state index < -0.39 is 5.91 Å². The monoisotopic (exact) mass is 263 g/mol. The van der Waals surface area contributed by atoms with E-state index in [-0.39, 0.29) is 16.3 Å². The first kappa shape index (κ1) is 12.2. The average Bonchev–Trinajstić information content (AvgIpc) is 2.35. The topological polar surface area (TPSA) is 88.2 Å². The highest BCUT2D eigenvalue weighted by Crippen LogP contribution is 2.22. The van der Waals surface area contributed by atoms with Crippen molar-refractivity contribution in [1.82, 2.24) is 4.98 Å². The van der Waals surface area contributed by atoms with Gasteiger partial charge in [0.1, 0.15) is 11.6 Å². The van der Waals surface area contributed by atoms with Crippen LogP contribution < -0.4 is 11.1 Å². The predicted octanol–water partition coefficient (Wildman–Crippen LogP) is 2.28. The van der Waals surface area contributed by atoms with Crippen molar-refractivity contribution in [2.75, 3.05) is 11.1 Å². The van der Waals surface area contributed by atoms with Crippen molar-refractivity contribution in [3.8, 4) is 5.75 Å². The van der Waals surface area contributed by atoms with Crippen LogP contribution in [0.5, 0.6) is 5.75 Å². The second-order valence-corrected chi connectivity index (χ2v) is 4.00. The van der Waals surface area contributed by atoms with E-state index in [0.717, 1.165) is 0 Å². The van der Waals surface area contributed by atoms with E-state index in [0.29, 0.717) is 11.5 Å². The van der Waals surface area contributed by atoms with Crippen LogP contribution in [0.25, 0.3) is 0 Å². The zero-order chi connectivity index (χ0) is 13.1. The Morgan fingerprint density at radius 1 is 1.33 bits per heavy atom. The summed E-state index contributed by atoms with van der Waals surface area (Å²) in [5, 5.41) is 12.2. The van der Waals surface area contributed by atoms with Crippen molar-refractivity contribution < 1.29 is 9.90 Å². The van der Waals surface area contributed by atoms with Crippen LogP contribution >= 0.6 is 11.6 Å². The number of carbonyl (C=O) groups is 1. The second-order valence-electron chi connectivity index (χ2n) is 3.59. The third-order valence-electron chi connectivity index (χ3n) is 2.24. The standard InChI is InChI=1S/C12H10ClN3O2/c13-10-3-2-8(17)5-9(10)12(18)16-7-1-4-11(14)15-6-7/h1-6,17H,(H2,14,15)(H,16,18). The third kappa shape index (κ3) is 2.70. The summed E-state index contributed by atoms with van der Waals surface area (Å²) >= 11 is 5.87. The molecule has 0 saturated heterocycles. The number of nitrogens with zero attached hydrogens (tertiary/aromatic N) is 1. The lowest BCUT2D eigenvalue weighted by atomic mass is 10.2. The molecule has 0 atom stereocenters. The van der Waals surface area contributed by atoms with E-state index in [4.69, 9.17) is 17.3 Å². The molecule has 1 aromatic heterocycles. The van der Waals surface area contributed by atoms with E-state index in [2.05, 4.69) is 10.3 Å². The van der Waals surface area contributed by atoms with Gasteiger partial charge in [-0.15, -0.1) is 0 Å². The van der Waals surface area contributed by atoms with Gasteiger partial charge in [-0.3, -0.25) is 4.79 Å². The summed E-state index contributed by atoms with van der Waals surface area (Å²) in [5.74, 6) is -0.0918. The number of aromatic nitrogens is 1. The number of pyridine rings is 1. The molecule has 5 nitrogen and oxygen atoms in total. The molecular weight excluding hydrogens is 254 g/mol. The second kappa shape index (κ2) is 4.93. The van der Waals surface area contributed by atoms with Gasteiger partial charge in [0.05, 0.1) is 22.5 Å². The van der Waals surface area contributed by atoms with Crippen LogP contribution in [0, 0.1) is 0 Å². The summed E-state index contributed by atoms with van der Waals surface area (Å²) in [4.78, 5) is 15.8. The molecule has 4 N–H and O–H groups in total. The number of hydrogen-bond acceptors (Lipinski definition) is 4. The molecular formula is C12H10ClN3O2. The molecule has 0 aliphatic rings. The number of anilines is 2. The van der Waals surface area contributed by atoms with Crippen molar-refractivity contribution in [2.24, 2.45) is 0 Å². The van der Waals surface area contributed by atoms with Crippen LogP contribution in [0.2, 0.25) is 5.02 Å². The summed E-state index contributed by atoms with van der Waals surface area (Å²) in [6.07, 6.45) is 1.43. The molecule has 6 heteroatoms. The minimum absolute atomic E-state index is 0.0278. The summed E-state index contributed by atoms with van der Waals surface area (Å²) < 4.78 is 0. The van der Waals surface area contributed by atoms with Gasteiger partial charge in [-0.1, -0.05) is 11.6 Å². The van der Waals surface area contributed by atoms with Gasteiger partial charge < -0.3 is 16.2 Å². The fourth-order valence-electron chi connectivity index (χ4n) is 1.36. The first-order valence-electron chi connectivity index (χ1n) is 5.07. The van der Waals surface area contributed by atoms with E-state index in [1.807, 2.05) is 0 Å². The Morgan fingerprint density at radius 2 is 2.11 bits per heavy atom. The average molecular weight is 264 g/mol. The Morgan fingerprint density at radius 3 is 2.78 bits per heavy atom. The first-order chi connectivity index (χ1) is 8.56. The quantitative estimate of drug-likeness (QED) is 0.775. The third-order valence-corrected chi connectivity index (χ3v) is 2.57. The number of nitrogen functional groups attached to an aromatic ring is 1. The molecule has 0 radical (unpaired) electrons. The molecule has 92 valence electrons. The number of hydrogen-bond donors (Lipinski definition) is 3. The number of rotatable bonds is 2. The smallest absolute Gasteiger partial charge is 0.257 e. The van der Waals surface area contributed by atoms with Crippen molar-refractivity contribution in [2.45, 2.75) is 0 Å². The molecule has 0 aliphatic heterocycles. The van der Waals surface area contributed by atoms with Crippen LogP contribution in [0.15, 0.2) is 36.5 Å². The van der Waals surface area contributed by atoms with E-state index in [1.54, 1.807) is 12.1 Å². The van der Waals surface area contributed by atoms with Crippen molar-refractivity contribution in [3.05, 3.63) is 47.1 Å². The Balaban J connectivity index is 2.21. The van der Waals surface area contributed by atoms with E-state index >= 15 is 0 Å². The van der Waals surface area contributed by atoms with Crippen molar-refractivity contribution in [3.63, 3.8) is 0 Å². The number of halogens is 1. The van der Waals surface area contributed by atoms with Crippen molar-refractivity contribution >= 4 is 29.0 Å². The van der Waals surface area contributed by atoms with Gasteiger partial charge in [-0.25, -0.2) is 4.98 Å². The molecule has 2 aromatic rings. The van der Waals surface area contributed by atoms with Crippen LogP contribution in [0.4, 0.5) is 11.5 Å². The molecule has 0 fully saturated rings. The Kier molecular flexibility index (Phi) is 3.34. The highest BCUT2D eigenvalue weighted by Gasteiger charge is 2.11. The van der Waals surface area contributed by atoms with Gasteiger partial charge in [0.25, 0.3) is 5.91 Å². The van der Waals surface area contributed by atoms with Crippen LogP contribution in [-0.4, -0.2) is 16.0 Å². The highest BCUT2D eigenvalue weighted by atomic mass is 35.5. The number of aromatic hydroxyl groups is 1. The summed E-state index contributed by atoms with van der Waals surface area (Å²) in [6.45, 7) is 0. The first-order valence-corrected chi connectivity index (χ1v) is 5.45. The lowest BCUT2D eigenvalue weighted by Gasteiger charge is -2.07. The maximum Gasteiger partial charge on any atom is 0.257 e. The molecule has 0 aliphatic carbocycles. The predicted molar refractivity (Wildman–Crippen MR) is 69.7 cm³/mol. The molecule has 2 rings (SSSR count). The van der Waals surface area contributed by atoms with Gasteiger partial charge in [0.15, 0.2) is 0 Å². The van der Waals surface area contributed by atoms with Gasteiger partial charge >= 0.3 is 0 Å². The number of carbonyl (C=O) groups excluding carboxylic acids is 1. The van der Waals surface area contributed by atoms with Gasteiger partial charge in [-0.05, 0) is 30.3 Å². The molecule has 0 unspecified atom stereocenters. The van der Waals surface area contributed by atoms with Gasteiger partial charge in [0, 0.05) is 0 Å². The molecule has 1 aromatic carbocycles. The highest BCUT2D eigenvalue weighted by molar-refractivity contribution is 6.34. The van der Waals surface area contributed by atoms with Crippen LogP contribution in [-0.2, 0) is 0 Å². The Bertz CT molecular complexity index is 584. The number of phenols is 1. The number of phenolic OH excluding ortho intramolecular Hbond substituents is 1. The van der Waals surface area contributed by atoms with E-state index in [9.17, 15) is 9.90 Å². The fraction of sp³-hybridized carbons (Fsp3) is 0. The summed E-state index contributed by atoms with van der Waals surface area (Å²) in [5.41, 5.74) is 6.12. The minimum Gasteiger partial charge on any atom is -0.508 e. The minimum atomic E-state index is -0.428. The number of nitrogens with two attached hydrogens (primary N) is 1. The van der Waals surface area contributed by atoms with E-state index in [1.165, 1.54) is 24.4 Å². The summed E-state index contributed by atoms with van der Waals surface area (Å²) in [7, 11) is 0. The molecule has 1 amide bonds. The largest absolute Gasteiger partial charge is 0.508 e. The SMILES string of the molecule is Nc1ccc(NC(=O)c2cc(O)ccc2Cl)cn1. The van der Waals surface area contributed by atoms with Gasteiger partial charge in [0.2, 0.25) is 0 Å². The lowest BCUT2D eigenvalue weighted by Crippen LogP contribution is -2.12. The normalized spacial score (nSPS) is 10.1. The maximum absolute atomic E-state index is 11.9. The molecule has 18 heavy (non-hydrogen) atoms. The van der Waals surface area contributed by atoms with Crippen LogP contribution in [0.3, 0.4) is 0 Å². The number of amides is 1. The molecule has 1 heterocycles. The zero-order valence-corrected chi connectivity index (χ0v) is 9.98. The van der Waals surface area contributed by atoms with Gasteiger partial charge in [-0.2, -0.15) is 0 Å². The zero-order valence-electron chi connectivity index (χ0n) is 9.22. The lowest BCUT2D eigenvalue weighted by molar-refractivity contribution is 0.102. The summed E-state index contributed by atoms with van der Waals surface area (Å²) in [6, 6.07) is 7.34. The number of benzene rings is 1. The maximum atomic E-state index is 11.9. The Hall–Kier alpha value is -2.27. The van der Waals surface area contributed by atoms with Crippen LogP contribution in [0.1, 0.15) is 10.4 Å². The fourth-order valence-corrected chi connectivity index (χ4v) is 1.57. The molecule has 0 spiro atoms. The number of nitrogens with one attached hydrogen (secondary N) is 1.